The fourth-order valence-electron chi connectivity index (χ4n) is 4.76. The summed E-state index contributed by atoms with van der Waals surface area (Å²) in [4.78, 5) is 22.6. The van der Waals surface area contributed by atoms with Gasteiger partial charge in [-0.1, -0.05) is 23.7 Å². The topological polar surface area (TPSA) is 63.2 Å². The monoisotopic (exact) mass is 448 g/mol. The molecule has 31 heavy (non-hydrogen) atoms. The van der Waals surface area contributed by atoms with Crippen molar-refractivity contribution in [1.82, 2.24) is 25.3 Å². The van der Waals surface area contributed by atoms with Crippen molar-refractivity contribution in [2.75, 3.05) is 66.5 Å². The van der Waals surface area contributed by atoms with Gasteiger partial charge in [-0.3, -0.25) is 19.6 Å². The van der Waals surface area contributed by atoms with Gasteiger partial charge in [0.15, 0.2) is 5.96 Å². The molecule has 0 aromatic heterocycles. The van der Waals surface area contributed by atoms with Crippen molar-refractivity contribution in [2.24, 2.45) is 10.9 Å². The zero-order valence-electron chi connectivity index (χ0n) is 19.1. The molecule has 2 saturated heterocycles. The molecule has 1 amide bonds. The average molecular weight is 449 g/mol. The normalized spacial score (nSPS) is 23.6. The maximum Gasteiger partial charge on any atom is 0.219 e. The van der Waals surface area contributed by atoms with E-state index in [-0.39, 0.29) is 5.91 Å². The summed E-state index contributed by atoms with van der Waals surface area (Å²) in [5.74, 6) is 1.52. The number of halogens is 1. The second-order valence-electron chi connectivity index (χ2n) is 8.61. The maximum atomic E-state index is 11.5. The van der Waals surface area contributed by atoms with Crippen molar-refractivity contribution in [2.45, 2.75) is 25.8 Å². The Balaban J connectivity index is 1.46. The molecule has 2 fully saturated rings. The highest BCUT2D eigenvalue weighted by atomic mass is 35.5. The lowest BCUT2D eigenvalue weighted by atomic mass is 9.85. The zero-order valence-corrected chi connectivity index (χ0v) is 19.9. The number of hydrogen-bond donors (Lipinski definition) is 2. The molecule has 0 saturated carbocycles. The SMILES string of the molecule is CN=C(NCCN1CCN(C(C)=O)CC1)NCC1CCCN(C)C1c1cccc(Cl)c1. The molecule has 2 atom stereocenters. The van der Waals surface area contributed by atoms with Crippen molar-refractivity contribution < 1.29 is 4.79 Å². The van der Waals surface area contributed by atoms with E-state index in [4.69, 9.17) is 11.6 Å². The molecule has 2 heterocycles. The van der Waals surface area contributed by atoms with Crippen LogP contribution < -0.4 is 10.6 Å². The van der Waals surface area contributed by atoms with Gasteiger partial charge in [-0.2, -0.15) is 0 Å². The van der Waals surface area contributed by atoms with Gasteiger partial charge in [0.25, 0.3) is 0 Å². The van der Waals surface area contributed by atoms with Crippen molar-refractivity contribution in [3.05, 3.63) is 34.9 Å². The van der Waals surface area contributed by atoms with Crippen LogP contribution in [0.1, 0.15) is 31.4 Å². The van der Waals surface area contributed by atoms with Gasteiger partial charge in [0.2, 0.25) is 5.91 Å². The first kappa shape index (κ1) is 23.8. The second kappa shape index (κ2) is 11.7. The largest absolute Gasteiger partial charge is 0.356 e. The summed E-state index contributed by atoms with van der Waals surface area (Å²) in [5, 5.41) is 7.78. The number of hydrogen-bond acceptors (Lipinski definition) is 4. The lowest BCUT2D eigenvalue weighted by Crippen LogP contribution is -2.50. The number of carbonyl (C=O) groups excluding carboxylic acids is 1. The van der Waals surface area contributed by atoms with Crippen LogP contribution in [0, 0.1) is 5.92 Å². The lowest BCUT2D eigenvalue weighted by molar-refractivity contribution is -0.130. The van der Waals surface area contributed by atoms with Crippen LogP contribution >= 0.6 is 11.6 Å². The number of guanidine groups is 1. The number of amides is 1. The van der Waals surface area contributed by atoms with E-state index in [9.17, 15) is 4.79 Å². The second-order valence-corrected chi connectivity index (χ2v) is 9.05. The van der Waals surface area contributed by atoms with Gasteiger partial charge in [0.1, 0.15) is 0 Å². The quantitative estimate of drug-likeness (QED) is 0.515. The lowest BCUT2D eigenvalue weighted by Gasteiger charge is -2.40. The summed E-state index contributed by atoms with van der Waals surface area (Å²) >= 11 is 6.27. The molecule has 172 valence electrons. The molecule has 2 aliphatic heterocycles. The number of likely N-dealkylation sites (tertiary alicyclic amines) is 1. The summed E-state index contributed by atoms with van der Waals surface area (Å²) in [5.41, 5.74) is 1.29. The third-order valence-corrected chi connectivity index (χ3v) is 6.73. The molecule has 0 aliphatic carbocycles. The Morgan fingerprint density at radius 2 is 1.97 bits per heavy atom. The van der Waals surface area contributed by atoms with E-state index in [1.165, 1.54) is 18.4 Å². The summed E-state index contributed by atoms with van der Waals surface area (Å²) < 4.78 is 0. The van der Waals surface area contributed by atoms with Crippen molar-refractivity contribution >= 4 is 23.5 Å². The number of benzene rings is 1. The Kier molecular flexibility index (Phi) is 8.99. The molecule has 2 N–H and O–H groups in total. The Hall–Kier alpha value is -1.83. The first-order valence-electron chi connectivity index (χ1n) is 11.4. The van der Waals surface area contributed by atoms with Crippen LogP contribution in [0.5, 0.6) is 0 Å². The van der Waals surface area contributed by atoms with Gasteiger partial charge >= 0.3 is 0 Å². The number of piperazine rings is 1. The van der Waals surface area contributed by atoms with Gasteiger partial charge in [0.05, 0.1) is 0 Å². The highest BCUT2D eigenvalue weighted by molar-refractivity contribution is 6.30. The van der Waals surface area contributed by atoms with E-state index in [0.717, 1.165) is 63.3 Å². The maximum absolute atomic E-state index is 11.5. The number of carbonyl (C=O) groups is 1. The minimum absolute atomic E-state index is 0.173. The number of nitrogens with one attached hydrogen (secondary N) is 2. The van der Waals surface area contributed by atoms with Crippen LogP contribution in [0.25, 0.3) is 0 Å². The molecule has 1 aromatic carbocycles. The fourth-order valence-corrected chi connectivity index (χ4v) is 4.96. The average Bonchev–Trinajstić information content (AvgIpc) is 2.76. The third-order valence-electron chi connectivity index (χ3n) is 6.49. The molecule has 2 unspecified atom stereocenters. The molecule has 0 spiro atoms. The van der Waals surface area contributed by atoms with Gasteiger partial charge in [-0.15, -0.1) is 0 Å². The van der Waals surface area contributed by atoms with Gasteiger partial charge in [-0.05, 0) is 50.0 Å². The van der Waals surface area contributed by atoms with Crippen molar-refractivity contribution in [3.8, 4) is 0 Å². The molecule has 0 bridgehead atoms. The molecule has 0 radical (unpaired) electrons. The molecule has 2 aliphatic rings. The van der Waals surface area contributed by atoms with E-state index in [0.29, 0.717) is 12.0 Å². The third kappa shape index (κ3) is 6.82. The first-order valence-corrected chi connectivity index (χ1v) is 11.7. The number of piperidine rings is 1. The summed E-state index contributed by atoms with van der Waals surface area (Å²) in [6.45, 7) is 8.92. The minimum atomic E-state index is 0.173. The molecule has 1 aromatic rings. The highest BCUT2D eigenvalue weighted by Crippen LogP contribution is 2.35. The van der Waals surface area contributed by atoms with Gasteiger partial charge < -0.3 is 15.5 Å². The Bertz CT molecular complexity index is 749. The molecule has 8 heteroatoms. The van der Waals surface area contributed by atoms with E-state index < -0.39 is 0 Å². The first-order chi connectivity index (χ1) is 15.0. The van der Waals surface area contributed by atoms with Crippen LogP contribution in [-0.4, -0.2) is 93.0 Å². The number of nitrogens with zero attached hydrogens (tertiary/aromatic N) is 4. The van der Waals surface area contributed by atoms with Gasteiger partial charge in [0, 0.05) is 70.8 Å². The van der Waals surface area contributed by atoms with Crippen LogP contribution in [0.3, 0.4) is 0 Å². The van der Waals surface area contributed by atoms with Crippen LogP contribution in [0.2, 0.25) is 5.02 Å². The van der Waals surface area contributed by atoms with Crippen LogP contribution in [0.15, 0.2) is 29.3 Å². The summed E-state index contributed by atoms with van der Waals surface area (Å²) in [6.07, 6.45) is 2.39. The van der Waals surface area contributed by atoms with E-state index >= 15 is 0 Å². The standard InChI is InChI=1S/C23H37ClN6O/c1-18(31)30-14-12-29(13-15-30)11-9-26-23(25-2)27-17-20-7-5-10-28(3)22(20)19-6-4-8-21(24)16-19/h4,6,8,16,20,22H,5,7,9-15,17H2,1-3H3,(H2,25,26,27). The smallest absolute Gasteiger partial charge is 0.219 e. The molecular formula is C23H37ClN6O. The summed E-state index contributed by atoms with van der Waals surface area (Å²) in [6, 6.07) is 8.62. The van der Waals surface area contributed by atoms with Gasteiger partial charge in [-0.25, -0.2) is 0 Å². The highest BCUT2D eigenvalue weighted by Gasteiger charge is 2.30. The number of rotatable bonds is 6. The van der Waals surface area contributed by atoms with Crippen molar-refractivity contribution in [1.29, 1.82) is 0 Å². The molecular weight excluding hydrogens is 412 g/mol. The minimum Gasteiger partial charge on any atom is -0.356 e. The van der Waals surface area contributed by atoms with E-state index in [2.05, 4.69) is 44.6 Å². The molecule has 7 nitrogen and oxygen atoms in total. The van der Waals surface area contributed by atoms with E-state index in [1.807, 2.05) is 24.1 Å². The van der Waals surface area contributed by atoms with Crippen molar-refractivity contribution in [3.63, 3.8) is 0 Å². The molecule has 3 rings (SSSR count). The predicted octanol–water partition coefficient (Wildman–Crippen LogP) is 2.05. The zero-order chi connectivity index (χ0) is 22.2. The summed E-state index contributed by atoms with van der Waals surface area (Å²) in [7, 11) is 4.03. The Labute approximate surface area is 191 Å². The predicted molar refractivity (Wildman–Crippen MR) is 128 cm³/mol. The fraction of sp³-hybridized carbons (Fsp3) is 0.652. The van der Waals surface area contributed by atoms with Crippen LogP contribution in [-0.2, 0) is 4.79 Å². The number of aliphatic imine (C=N–C) groups is 1. The van der Waals surface area contributed by atoms with E-state index in [1.54, 1.807) is 6.92 Å². The van der Waals surface area contributed by atoms with Crippen LogP contribution in [0.4, 0.5) is 0 Å². The Morgan fingerprint density at radius 3 is 2.65 bits per heavy atom. The Morgan fingerprint density at radius 1 is 1.19 bits per heavy atom.